The number of piperazine rings is 1. The van der Waals surface area contributed by atoms with Crippen LogP contribution >= 0.6 is 0 Å². The highest BCUT2D eigenvalue weighted by molar-refractivity contribution is 6.22. The molecule has 2 aliphatic rings. The highest BCUT2D eigenvalue weighted by atomic mass is 16.5. The fourth-order valence-corrected chi connectivity index (χ4v) is 4.91. The van der Waals surface area contributed by atoms with E-state index >= 15 is 0 Å². The van der Waals surface area contributed by atoms with Gasteiger partial charge in [-0.05, 0) is 48.5 Å². The van der Waals surface area contributed by atoms with Crippen LogP contribution in [0.15, 0.2) is 78.9 Å². The van der Waals surface area contributed by atoms with Crippen LogP contribution in [0.2, 0.25) is 0 Å². The number of imide groups is 1. The number of methoxy groups -OCH3 is 1. The van der Waals surface area contributed by atoms with Crippen molar-refractivity contribution < 1.29 is 23.9 Å². The lowest BCUT2D eigenvalue weighted by molar-refractivity contribution is -0.123. The zero-order valence-electron chi connectivity index (χ0n) is 20.5. The molecule has 0 radical (unpaired) electrons. The first-order valence-electron chi connectivity index (χ1n) is 12.2. The molecule has 3 aromatic rings. The van der Waals surface area contributed by atoms with Gasteiger partial charge in [-0.15, -0.1) is 0 Å². The van der Waals surface area contributed by atoms with Gasteiger partial charge in [0.25, 0.3) is 5.91 Å². The van der Waals surface area contributed by atoms with Crippen LogP contribution in [0.25, 0.3) is 0 Å². The number of anilines is 2. The fourth-order valence-electron chi connectivity index (χ4n) is 4.91. The molecule has 0 saturated carbocycles. The van der Waals surface area contributed by atoms with Crippen molar-refractivity contribution in [1.82, 2.24) is 4.90 Å². The van der Waals surface area contributed by atoms with Crippen LogP contribution in [0.5, 0.6) is 0 Å². The van der Waals surface area contributed by atoms with Crippen molar-refractivity contribution in [3.05, 3.63) is 95.6 Å². The molecule has 188 valence electrons. The number of hydrogen-bond acceptors (Lipinski definition) is 7. The lowest BCUT2D eigenvalue weighted by Crippen LogP contribution is -2.52. The van der Waals surface area contributed by atoms with E-state index in [-0.39, 0.29) is 24.0 Å². The summed E-state index contributed by atoms with van der Waals surface area (Å²) in [6, 6.07) is 22.6. The monoisotopic (exact) mass is 497 g/mol. The Hall–Kier alpha value is -4.30. The maximum Gasteiger partial charge on any atom is 0.337 e. The van der Waals surface area contributed by atoms with E-state index in [0.29, 0.717) is 48.6 Å². The molecule has 0 bridgehead atoms. The Morgan fingerprint density at radius 2 is 1.30 bits per heavy atom. The van der Waals surface area contributed by atoms with Crippen molar-refractivity contribution in [2.24, 2.45) is 0 Å². The van der Waals surface area contributed by atoms with E-state index < -0.39 is 12.0 Å². The molecule has 0 N–H and O–H groups in total. The number of hydrogen-bond donors (Lipinski definition) is 0. The standard InChI is InChI=1S/C29H27N3O5/c1-37-29(36)22-9-13-24(14-10-22)32-26(33)19-25(28(32)35)31-17-15-30(16-18-31)23-11-7-21(8-12-23)27(34)20-5-3-2-4-6-20/h2-14,25H,15-19H2,1H3/t25-/m0/s1. The molecule has 0 aromatic heterocycles. The zero-order chi connectivity index (χ0) is 25.9. The summed E-state index contributed by atoms with van der Waals surface area (Å²) in [4.78, 5) is 55.8. The number of nitrogens with zero attached hydrogens (tertiary/aromatic N) is 3. The minimum Gasteiger partial charge on any atom is -0.465 e. The van der Waals surface area contributed by atoms with Gasteiger partial charge in [0.05, 0.1) is 30.8 Å². The summed E-state index contributed by atoms with van der Waals surface area (Å²) < 4.78 is 4.70. The number of amides is 2. The lowest BCUT2D eigenvalue weighted by atomic mass is 10.0. The van der Waals surface area contributed by atoms with Crippen LogP contribution < -0.4 is 9.80 Å². The zero-order valence-corrected chi connectivity index (χ0v) is 20.5. The van der Waals surface area contributed by atoms with Crippen molar-refractivity contribution >= 4 is 34.9 Å². The van der Waals surface area contributed by atoms with Gasteiger partial charge in [-0.2, -0.15) is 0 Å². The van der Waals surface area contributed by atoms with Crippen LogP contribution in [0.3, 0.4) is 0 Å². The molecule has 0 aliphatic carbocycles. The maximum absolute atomic E-state index is 13.2. The molecule has 1 atom stereocenters. The van der Waals surface area contributed by atoms with Gasteiger partial charge in [-0.1, -0.05) is 30.3 Å². The molecule has 37 heavy (non-hydrogen) atoms. The van der Waals surface area contributed by atoms with Gasteiger partial charge >= 0.3 is 5.97 Å². The average Bonchev–Trinajstić information content (AvgIpc) is 3.26. The number of carbonyl (C=O) groups excluding carboxylic acids is 4. The highest BCUT2D eigenvalue weighted by Crippen LogP contribution is 2.28. The molecule has 5 rings (SSSR count). The number of carbonyl (C=O) groups is 4. The maximum atomic E-state index is 13.2. The molecule has 3 aromatic carbocycles. The van der Waals surface area contributed by atoms with Gasteiger partial charge in [0.15, 0.2) is 5.78 Å². The largest absolute Gasteiger partial charge is 0.465 e. The molecule has 2 heterocycles. The van der Waals surface area contributed by atoms with E-state index in [2.05, 4.69) is 9.80 Å². The van der Waals surface area contributed by atoms with Crippen molar-refractivity contribution in [3.8, 4) is 0 Å². The SMILES string of the molecule is COC(=O)c1ccc(N2C(=O)C[C@H](N3CCN(c4ccc(C(=O)c5ccccc5)cc4)CC3)C2=O)cc1. The molecule has 0 unspecified atom stereocenters. The van der Waals surface area contributed by atoms with E-state index in [0.717, 1.165) is 5.69 Å². The van der Waals surface area contributed by atoms with Crippen molar-refractivity contribution in [2.75, 3.05) is 43.1 Å². The number of benzene rings is 3. The van der Waals surface area contributed by atoms with Gasteiger partial charge < -0.3 is 9.64 Å². The van der Waals surface area contributed by atoms with E-state index in [9.17, 15) is 19.2 Å². The van der Waals surface area contributed by atoms with Gasteiger partial charge in [0.2, 0.25) is 5.91 Å². The highest BCUT2D eigenvalue weighted by Gasteiger charge is 2.43. The van der Waals surface area contributed by atoms with Crippen molar-refractivity contribution in [2.45, 2.75) is 12.5 Å². The second-order valence-corrected chi connectivity index (χ2v) is 9.09. The van der Waals surface area contributed by atoms with Crippen LogP contribution in [0, 0.1) is 0 Å². The Bertz CT molecular complexity index is 1310. The molecule has 2 saturated heterocycles. The summed E-state index contributed by atoms with van der Waals surface area (Å²) in [6.45, 7) is 2.70. The van der Waals surface area contributed by atoms with E-state index in [1.54, 1.807) is 24.3 Å². The molecule has 0 spiro atoms. The summed E-state index contributed by atoms with van der Waals surface area (Å²) in [5.41, 5.74) is 3.13. The predicted molar refractivity (Wildman–Crippen MR) is 139 cm³/mol. The van der Waals surface area contributed by atoms with Crippen molar-refractivity contribution in [1.29, 1.82) is 0 Å². The fraction of sp³-hybridized carbons (Fsp3) is 0.241. The topological polar surface area (TPSA) is 87.2 Å². The van der Waals surface area contributed by atoms with Gasteiger partial charge in [-0.25, -0.2) is 9.69 Å². The Labute approximate surface area is 215 Å². The Morgan fingerprint density at radius 3 is 1.92 bits per heavy atom. The number of rotatable bonds is 6. The summed E-state index contributed by atoms with van der Waals surface area (Å²) >= 11 is 0. The minimum atomic E-state index is -0.499. The summed E-state index contributed by atoms with van der Waals surface area (Å²) in [5.74, 6) is -0.973. The summed E-state index contributed by atoms with van der Waals surface area (Å²) in [7, 11) is 1.30. The third-order valence-electron chi connectivity index (χ3n) is 6.96. The van der Waals surface area contributed by atoms with E-state index in [1.165, 1.54) is 12.0 Å². The normalized spacial score (nSPS) is 18.2. The van der Waals surface area contributed by atoms with Gasteiger partial charge in [0.1, 0.15) is 0 Å². The second-order valence-electron chi connectivity index (χ2n) is 9.09. The molecular formula is C29H27N3O5. The van der Waals surface area contributed by atoms with Crippen LogP contribution in [0.4, 0.5) is 11.4 Å². The van der Waals surface area contributed by atoms with E-state index in [1.807, 2.05) is 54.6 Å². The third kappa shape index (κ3) is 4.88. The van der Waals surface area contributed by atoms with E-state index in [4.69, 9.17) is 4.74 Å². The first kappa shape index (κ1) is 24.4. The van der Waals surface area contributed by atoms with Gasteiger partial charge in [0, 0.05) is 43.0 Å². The van der Waals surface area contributed by atoms with Gasteiger partial charge in [-0.3, -0.25) is 19.3 Å². The first-order valence-corrected chi connectivity index (χ1v) is 12.2. The lowest BCUT2D eigenvalue weighted by Gasteiger charge is -2.38. The average molecular weight is 498 g/mol. The molecule has 2 aliphatic heterocycles. The smallest absolute Gasteiger partial charge is 0.337 e. The number of ketones is 1. The quantitative estimate of drug-likeness (QED) is 0.294. The number of ether oxygens (including phenoxy) is 1. The number of esters is 1. The summed E-state index contributed by atoms with van der Waals surface area (Å²) in [6.07, 6.45) is 0.133. The Morgan fingerprint density at radius 1 is 0.730 bits per heavy atom. The molecular weight excluding hydrogens is 470 g/mol. The molecule has 8 heteroatoms. The van der Waals surface area contributed by atoms with Crippen molar-refractivity contribution in [3.63, 3.8) is 0 Å². The van der Waals surface area contributed by atoms with Crippen LogP contribution in [-0.4, -0.2) is 67.8 Å². The Kier molecular flexibility index (Phi) is 6.83. The van der Waals surface area contributed by atoms with Crippen LogP contribution in [-0.2, 0) is 14.3 Å². The first-order chi connectivity index (χ1) is 18.0. The molecule has 2 amide bonds. The molecule has 8 nitrogen and oxygen atoms in total. The summed E-state index contributed by atoms with van der Waals surface area (Å²) in [5, 5.41) is 0. The predicted octanol–water partition coefficient (Wildman–Crippen LogP) is 3.16. The second kappa shape index (κ2) is 10.4. The van der Waals surface area contributed by atoms with Crippen LogP contribution in [0.1, 0.15) is 32.7 Å². The third-order valence-corrected chi connectivity index (χ3v) is 6.96. The molecule has 2 fully saturated rings. The Balaban J connectivity index is 1.20. The minimum absolute atomic E-state index is 0.00845.